The van der Waals surface area contributed by atoms with Crippen LogP contribution in [-0.2, 0) is 4.74 Å². The van der Waals surface area contributed by atoms with Gasteiger partial charge in [-0.15, -0.1) is 0 Å². The predicted molar refractivity (Wildman–Crippen MR) is 107 cm³/mol. The number of ether oxygens (including phenoxy) is 1. The second kappa shape index (κ2) is 8.34. The molecule has 142 valence electrons. The number of carbonyl (C=O) groups excluding carboxylic acids is 1. The van der Waals surface area contributed by atoms with Crippen LogP contribution < -0.4 is 5.73 Å². The molecule has 1 aromatic heterocycles. The molecule has 0 fully saturated rings. The van der Waals surface area contributed by atoms with Crippen LogP contribution in [0.25, 0.3) is 11.1 Å². The molecular weight excluding hydrogens is 388 g/mol. The summed E-state index contributed by atoms with van der Waals surface area (Å²) < 4.78 is 4.73. The highest BCUT2D eigenvalue weighted by Gasteiger charge is 2.21. The monoisotopic (exact) mass is 402 g/mol. The Morgan fingerprint density at radius 1 is 1.14 bits per heavy atom. The van der Waals surface area contributed by atoms with Crippen LogP contribution >= 0.6 is 11.8 Å². The van der Waals surface area contributed by atoms with Crippen molar-refractivity contribution in [2.24, 2.45) is 0 Å². The van der Waals surface area contributed by atoms with Crippen molar-refractivity contribution < 1.29 is 14.6 Å². The summed E-state index contributed by atoms with van der Waals surface area (Å²) in [6.07, 6.45) is 0. The number of rotatable bonds is 4. The number of esters is 1. The number of aromatic hydroxyl groups is 1. The number of nitrogens with two attached hydrogens (primary N) is 1. The van der Waals surface area contributed by atoms with Gasteiger partial charge in [-0.05, 0) is 35.9 Å². The molecule has 0 aliphatic rings. The van der Waals surface area contributed by atoms with E-state index >= 15 is 0 Å². The van der Waals surface area contributed by atoms with Crippen LogP contribution in [0.1, 0.15) is 21.5 Å². The topological polar surface area (TPSA) is 133 Å². The lowest BCUT2D eigenvalue weighted by atomic mass is 9.97. The number of aromatic nitrogens is 1. The second-order valence-electron chi connectivity index (χ2n) is 5.82. The predicted octanol–water partition coefficient (Wildman–Crippen LogP) is 3.72. The molecule has 3 N–H and O–H groups in total. The molecule has 7 nitrogen and oxygen atoms in total. The maximum absolute atomic E-state index is 11.8. The molecule has 3 aromatic rings. The largest absolute Gasteiger partial charge is 0.508 e. The van der Waals surface area contributed by atoms with E-state index in [-0.39, 0.29) is 27.7 Å². The SMILES string of the molecule is COC(=O)c1cccc(Sc2nc(N)c(C#N)c(-c3cccc(O)c3)c2C#N)c1. The lowest BCUT2D eigenvalue weighted by Crippen LogP contribution is -2.03. The number of nitriles is 2. The van der Waals surface area contributed by atoms with Crippen molar-refractivity contribution >= 4 is 23.5 Å². The summed E-state index contributed by atoms with van der Waals surface area (Å²) in [4.78, 5) is 16.6. The van der Waals surface area contributed by atoms with Gasteiger partial charge in [-0.3, -0.25) is 0 Å². The number of phenols is 1. The summed E-state index contributed by atoms with van der Waals surface area (Å²) in [5.41, 5.74) is 7.31. The first kappa shape index (κ1) is 19.7. The van der Waals surface area contributed by atoms with Gasteiger partial charge in [0.25, 0.3) is 0 Å². The first-order valence-electron chi connectivity index (χ1n) is 8.27. The number of phenolic OH excluding ortho intramolecular Hbond substituents is 1. The van der Waals surface area contributed by atoms with Crippen LogP contribution in [-0.4, -0.2) is 23.2 Å². The fourth-order valence-corrected chi connectivity index (χ4v) is 3.69. The summed E-state index contributed by atoms with van der Waals surface area (Å²) in [6, 6.07) is 16.9. The average molecular weight is 402 g/mol. The highest BCUT2D eigenvalue weighted by molar-refractivity contribution is 7.99. The quantitative estimate of drug-likeness (QED) is 0.631. The summed E-state index contributed by atoms with van der Waals surface area (Å²) in [5, 5.41) is 29.5. The van der Waals surface area contributed by atoms with Gasteiger partial charge in [-0.25, -0.2) is 9.78 Å². The number of methoxy groups -OCH3 is 1. The van der Waals surface area contributed by atoms with E-state index in [1.165, 1.54) is 19.2 Å². The van der Waals surface area contributed by atoms with Crippen molar-refractivity contribution in [2.45, 2.75) is 9.92 Å². The summed E-state index contributed by atoms with van der Waals surface area (Å²) in [6.45, 7) is 0. The van der Waals surface area contributed by atoms with E-state index in [0.717, 1.165) is 11.8 Å². The van der Waals surface area contributed by atoms with Gasteiger partial charge < -0.3 is 15.6 Å². The minimum absolute atomic E-state index is 0.00866. The van der Waals surface area contributed by atoms with E-state index in [4.69, 9.17) is 10.5 Å². The van der Waals surface area contributed by atoms with Crippen LogP contribution in [0, 0.1) is 22.7 Å². The van der Waals surface area contributed by atoms with Crippen LogP contribution in [0.2, 0.25) is 0 Å². The molecule has 0 aliphatic heterocycles. The standard InChI is InChI=1S/C21H14N4O3S/c1-28-21(27)13-5-3-7-15(9-13)29-20-17(11-23)18(16(10-22)19(24)25-20)12-4-2-6-14(26)8-12/h2-9,26H,1H3,(H2,24,25). The molecule has 0 unspecified atom stereocenters. The lowest BCUT2D eigenvalue weighted by molar-refractivity contribution is 0.0600. The van der Waals surface area contributed by atoms with Gasteiger partial charge in [0.15, 0.2) is 0 Å². The van der Waals surface area contributed by atoms with Crippen molar-refractivity contribution in [3.05, 3.63) is 65.2 Å². The highest BCUT2D eigenvalue weighted by Crippen LogP contribution is 2.39. The summed E-state index contributed by atoms with van der Waals surface area (Å²) in [7, 11) is 1.29. The third kappa shape index (κ3) is 3.98. The van der Waals surface area contributed by atoms with E-state index in [0.29, 0.717) is 21.6 Å². The van der Waals surface area contributed by atoms with E-state index in [1.54, 1.807) is 36.4 Å². The Morgan fingerprint density at radius 2 is 1.86 bits per heavy atom. The molecule has 2 aromatic carbocycles. The number of carbonyl (C=O) groups is 1. The van der Waals surface area contributed by atoms with E-state index in [9.17, 15) is 20.4 Å². The van der Waals surface area contributed by atoms with Gasteiger partial charge in [0.1, 0.15) is 34.3 Å². The molecule has 3 rings (SSSR count). The Hall–Kier alpha value is -4.01. The average Bonchev–Trinajstić information content (AvgIpc) is 2.73. The Labute approximate surface area is 171 Å². The van der Waals surface area contributed by atoms with Crippen LogP contribution in [0.4, 0.5) is 5.82 Å². The first-order valence-corrected chi connectivity index (χ1v) is 9.09. The molecule has 0 saturated heterocycles. The highest BCUT2D eigenvalue weighted by atomic mass is 32.2. The molecule has 0 bridgehead atoms. The Morgan fingerprint density at radius 3 is 2.52 bits per heavy atom. The van der Waals surface area contributed by atoms with Gasteiger partial charge in [0.05, 0.1) is 18.2 Å². The van der Waals surface area contributed by atoms with Gasteiger partial charge in [-0.1, -0.05) is 30.0 Å². The normalized spacial score (nSPS) is 10.0. The first-order chi connectivity index (χ1) is 14.0. The van der Waals surface area contributed by atoms with E-state index < -0.39 is 5.97 Å². The maximum atomic E-state index is 11.8. The lowest BCUT2D eigenvalue weighted by Gasteiger charge is -2.13. The number of benzene rings is 2. The zero-order valence-corrected chi connectivity index (χ0v) is 16.0. The molecule has 0 atom stereocenters. The van der Waals surface area contributed by atoms with Gasteiger partial charge in [-0.2, -0.15) is 10.5 Å². The van der Waals surface area contributed by atoms with Crippen molar-refractivity contribution in [3.63, 3.8) is 0 Å². The molecule has 0 aliphatic carbocycles. The number of anilines is 1. The number of hydrogen-bond acceptors (Lipinski definition) is 8. The third-order valence-corrected chi connectivity index (χ3v) is 5.00. The smallest absolute Gasteiger partial charge is 0.337 e. The van der Waals surface area contributed by atoms with Gasteiger partial charge in [0, 0.05) is 10.5 Å². The minimum atomic E-state index is -0.485. The Kier molecular flexibility index (Phi) is 5.68. The molecule has 0 saturated carbocycles. The minimum Gasteiger partial charge on any atom is -0.508 e. The zero-order chi connectivity index (χ0) is 21.0. The van der Waals surface area contributed by atoms with Crippen molar-refractivity contribution in [2.75, 3.05) is 12.8 Å². The van der Waals surface area contributed by atoms with Crippen LogP contribution in [0.3, 0.4) is 0 Å². The number of nitrogen functional groups attached to an aromatic ring is 1. The van der Waals surface area contributed by atoms with E-state index in [2.05, 4.69) is 11.1 Å². The molecule has 0 radical (unpaired) electrons. The van der Waals surface area contributed by atoms with Crippen molar-refractivity contribution in [1.82, 2.24) is 4.98 Å². The van der Waals surface area contributed by atoms with E-state index in [1.807, 2.05) is 6.07 Å². The third-order valence-electron chi connectivity index (χ3n) is 4.02. The molecule has 0 spiro atoms. The Bertz CT molecular complexity index is 1200. The summed E-state index contributed by atoms with van der Waals surface area (Å²) in [5.74, 6) is -0.525. The number of nitrogens with zero attached hydrogens (tertiary/aromatic N) is 3. The van der Waals surface area contributed by atoms with Crippen LogP contribution in [0.5, 0.6) is 5.75 Å². The summed E-state index contributed by atoms with van der Waals surface area (Å²) >= 11 is 1.13. The Balaban J connectivity index is 2.18. The maximum Gasteiger partial charge on any atom is 0.337 e. The van der Waals surface area contributed by atoms with Gasteiger partial charge in [0.2, 0.25) is 0 Å². The molecule has 8 heteroatoms. The molecule has 0 amide bonds. The molecule has 1 heterocycles. The van der Waals surface area contributed by atoms with Crippen molar-refractivity contribution in [3.8, 4) is 29.0 Å². The molecule has 29 heavy (non-hydrogen) atoms. The van der Waals surface area contributed by atoms with Crippen molar-refractivity contribution in [1.29, 1.82) is 10.5 Å². The fraction of sp³-hybridized carbons (Fsp3) is 0.0476. The van der Waals surface area contributed by atoms with Gasteiger partial charge >= 0.3 is 5.97 Å². The second-order valence-corrected chi connectivity index (χ2v) is 6.88. The van der Waals surface area contributed by atoms with Crippen LogP contribution in [0.15, 0.2) is 58.5 Å². The zero-order valence-electron chi connectivity index (χ0n) is 15.2. The fourth-order valence-electron chi connectivity index (χ4n) is 2.74. The number of hydrogen-bond donors (Lipinski definition) is 2. The number of pyridine rings is 1. The molecular formula is C21H14N4O3S.